The first-order chi connectivity index (χ1) is 14.7. The van der Waals surface area contributed by atoms with E-state index in [-0.39, 0.29) is 12.8 Å². The highest BCUT2D eigenvalue weighted by Gasteiger charge is 2.35. The summed E-state index contributed by atoms with van der Waals surface area (Å²) in [5, 5.41) is 44.5. The lowest BCUT2D eigenvalue weighted by atomic mass is 9.98. The number of aliphatic carboxylic acids is 2. The number of hydrogen-bond acceptors (Lipinski definition) is 8. The Morgan fingerprint density at radius 1 is 0.781 bits per heavy atom. The van der Waals surface area contributed by atoms with Gasteiger partial charge in [0, 0.05) is 6.42 Å². The summed E-state index contributed by atoms with van der Waals surface area (Å²) in [6.07, 6.45) is -3.02. The Bertz CT molecular complexity index is 684. The third-order valence-electron chi connectivity index (χ3n) is 4.91. The van der Waals surface area contributed by atoms with Crippen LogP contribution in [0.3, 0.4) is 0 Å². The smallest absolute Gasteiger partial charge is 0.326 e. The lowest BCUT2D eigenvalue weighted by molar-refractivity contribution is -0.144. The average Bonchev–Trinajstić information content (AvgIpc) is 2.70. The first-order valence-corrected chi connectivity index (χ1v) is 10.2. The first kappa shape index (κ1) is 29.2. The topological polar surface area (TPSA) is 228 Å². The van der Waals surface area contributed by atoms with E-state index in [0.717, 1.165) is 0 Å². The molecule has 0 aliphatic heterocycles. The van der Waals surface area contributed by atoms with Crippen LogP contribution in [0.25, 0.3) is 0 Å². The van der Waals surface area contributed by atoms with Gasteiger partial charge in [-0.2, -0.15) is 0 Å². The molecule has 0 heterocycles. The minimum Gasteiger partial charge on any atom is -0.481 e. The molecule has 32 heavy (non-hydrogen) atoms. The summed E-state index contributed by atoms with van der Waals surface area (Å²) in [6.45, 7) is 5.73. The van der Waals surface area contributed by atoms with Gasteiger partial charge >= 0.3 is 11.9 Å². The lowest BCUT2D eigenvalue weighted by Crippen LogP contribution is -2.62. The van der Waals surface area contributed by atoms with Crippen LogP contribution in [-0.4, -0.2) is 86.5 Å². The summed E-state index contributed by atoms with van der Waals surface area (Å²) in [4.78, 5) is 59.3. The molecule has 0 aromatic carbocycles. The zero-order chi connectivity index (χ0) is 25.2. The molecule has 13 nitrogen and oxygen atoms in total. The number of carbonyl (C=O) groups excluding carboxylic acids is 3. The summed E-state index contributed by atoms with van der Waals surface area (Å²) < 4.78 is 0. The maximum atomic E-state index is 12.6. The third-order valence-corrected chi connectivity index (χ3v) is 4.91. The number of aliphatic hydroxyl groups is 2. The largest absolute Gasteiger partial charge is 0.481 e. The van der Waals surface area contributed by atoms with Crippen LogP contribution in [0.15, 0.2) is 0 Å². The molecule has 0 fully saturated rings. The van der Waals surface area contributed by atoms with Gasteiger partial charge in [-0.05, 0) is 26.2 Å². The van der Waals surface area contributed by atoms with E-state index < -0.39 is 72.0 Å². The molecule has 9 N–H and O–H groups in total. The van der Waals surface area contributed by atoms with Crippen LogP contribution < -0.4 is 21.7 Å². The Kier molecular flexibility index (Phi) is 12.4. The van der Waals surface area contributed by atoms with Gasteiger partial charge in [-0.3, -0.25) is 19.2 Å². The fourth-order valence-electron chi connectivity index (χ4n) is 2.65. The number of carboxylic acids is 2. The fourth-order valence-corrected chi connectivity index (χ4v) is 2.65. The van der Waals surface area contributed by atoms with Gasteiger partial charge in [0.05, 0.1) is 18.2 Å². The van der Waals surface area contributed by atoms with E-state index in [2.05, 4.69) is 16.0 Å². The van der Waals surface area contributed by atoms with Crippen molar-refractivity contribution in [3.05, 3.63) is 0 Å². The lowest BCUT2D eigenvalue weighted by Gasteiger charge is -2.28. The molecule has 0 saturated carbocycles. The molecule has 0 rings (SSSR count). The zero-order valence-electron chi connectivity index (χ0n) is 18.6. The Hall–Kier alpha value is -2.77. The van der Waals surface area contributed by atoms with Gasteiger partial charge in [-0.25, -0.2) is 4.79 Å². The van der Waals surface area contributed by atoms with Crippen LogP contribution in [0.1, 0.15) is 47.0 Å². The normalized spacial score (nSPS) is 17.6. The van der Waals surface area contributed by atoms with Crippen LogP contribution >= 0.6 is 0 Å². The molecule has 7 atom stereocenters. The molecule has 13 heteroatoms. The Morgan fingerprint density at radius 3 is 1.53 bits per heavy atom. The highest BCUT2D eigenvalue weighted by Crippen LogP contribution is 2.09. The molecular formula is C19H34N4O9. The minimum atomic E-state index is -1.58. The van der Waals surface area contributed by atoms with Gasteiger partial charge in [0.1, 0.15) is 18.1 Å². The fraction of sp³-hybridized carbons (Fsp3) is 0.737. The molecule has 0 radical (unpaired) electrons. The zero-order valence-corrected chi connectivity index (χ0v) is 18.6. The van der Waals surface area contributed by atoms with Crippen LogP contribution in [-0.2, 0) is 24.0 Å². The van der Waals surface area contributed by atoms with Gasteiger partial charge < -0.3 is 42.1 Å². The van der Waals surface area contributed by atoms with Gasteiger partial charge in [0.25, 0.3) is 0 Å². The number of rotatable bonds is 14. The minimum absolute atomic E-state index is 0.208. The molecule has 0 aliphatic rings. The number of amides is 3. The monoisotopic (exact) mass is 462 g/mol. The molecule has 184 valence electrons. The van der Waals surface area contributed by atoms with E-state index in [4.69, 9.17) is 10.8 Å². The summed E-state index contributed by atoms with van der Waals surface area (Å²) in [5.41, 5.74) is 5.59. The van der Waals surface area contributed by atoms with E-state index in [0.29, 0.717) is 6.42 Å². The van der Waals surface area contributed by atoms with Crippen molar-refractivity contribution in [3.8, 4) is 0 Å². The Labute approximate surface area is 185 Å². The van der Waals surface area contributed by atoms with Crippen molar-refractivity contribution < 1.29 is 44.4 Å². The quantitative estimate of drug-likeness (QED) is 0.135. The SMILES string of the molecule is CCC(C)C(NC(=O)C(NC(=O)C(NC(=O)C(N)CCC(=O)O)C(C)O)C(C)O)C(=O)O. The van der Waals surface area contributed by atoms with Crippen molar-refractivity contribution in [2.24, 2.45) is 11.7 Å². The van der Waals surface area contributed by atoms with Crippen molar-refractivity contribution in [2.45, 2.75) is 83.3 Å². The van der Waals surface area contributed by atoms with Gasteiger partial charge in [0.2, 0.25) is 17.7 Å². The van der Waals surface area contributed by atoms with Gasteiger partial charge in [-0.1, -0.05) is 20.3 Å². The van der Waals surface area contributed by atoms with E-state index in [9.17, 15) is 39.3 Å². The van der Waals surface area contributed by atoms with Crippen LogP contribution in [0.4, 0.5) is 0 Å². The van der Waals surface area contributed by atoms with Gasteiger partial charge in [-0.15, -0.1) is 0 Å². The molecule has 0 aromatic rings. The Balaban J connectivity index is 5.36. The average molecular weight is 463 g/mol. The third kappa shape index (κ3) is 9.58. The highest BCUT2D eigenvalue weighted by molar-refractivity contribution is 5.94. The van der Waals surface area contributed by atoms with E-state index in [1.807, 2.05) is 0 Å². The second kappa shape index (κ2) is 13.6. The highest BCUT2D eigenvalue weighted by atomic mass is 16.4. The van der Waals surface area contributed by atoms with Crippen molar-refractivity contribution in [1.29, 1.82) is 0 Å². The summed E-state index contributed by atoms with van der Waals surface area (Å²) in [7, 11) is 0. The first-order valence-electron chi connectivity index (χ1n) is 10.2. The molecule has 0 saturated heterocycles. The number of nitrogens with one attached hydrogen (secondary N) is 3. The molecule has 0 spiro atoms. The second-order valence-electron chi connectivity index (χ2n) is 7.70. The van der Waals surface area contributed by atoms with Crippen LogP contribution in [0, 0.1) is 5.92 Å². The van der Waals surface area contributed by atoms with Crippen LogP contribution in [0.2, 0.25) is 0 Å². The molecule has 0 aromatic heterocycles. The number of hydrogen-bond donors (Lipinski definition) is 8. The van der Waals surface area contributed by atoms with E-state index in [1.165, 1.54) is 13.8 Å². The van der Waals surface area contributed by atoms with Crippen LogP contribution in [0.5, 0.6) is 0 Å². The molecule has 0 aliphatic carbocycles. The number of carboxylic acid groups (broad SMARTS) is 2. The van der Waals surface area contributed by atoms with E-state index in [1.54, 1.807) is 13.8 Å². The molecule has 0 bridgehead atoms. The number of nitrogens with two attached hydrogens (primary N) is 1. The van der Waals surface area contributed by atoms with Crippen molar-refractivity contribution in [3.63, 3.8) is 0 Å². The summed E-state index contributed by atoms with van der Waals surface area (Å²) in [5.74, 6) is -5.77. The maximum absolute atomic E-state index is 12.6. The molecule has 7 unspecified atom stereocenters. The standard InChI is InChI=1S/C19H34N4O9/c1-5-8(2)13(19(31)32)21-17(29)15(10(4)25)23-18(30)14(9(3)24)22-16(28)11(20)6-7-12(26)27/h8-11,13-15,24-25H,5-7,20H2,1-4H3,(H,21,29)(H,22,28)(H,23,30)(H,26,27)(H,31,32). The number of aliphatic hydroxyl groups excluding tert-OH is 2. The molecule has 3 amide bonds. The van der Waals surface area contributed by atoms with E-state index >= 15 is 0 Å². The summed E-state index contributed by atoms with van der Waals surface area (Å²) in [6, 6.07) is -5.67. The predicted octanol–water partition coefficient (Wildman–Crippen LogP) is -2.47. The van der Waals surface area contributed by atoms with Gasteiger partial charge in [0.15, 0.2) is 0 Å². The maximum Gasteiger partial charge on any atom is 0.326 e. The second-order valence-corrected chi connectivity index (χ2v) is 7.70. The van der Waals surface area contributed by atoms with Crippen molar-refractivity contribution >= 4 is 29.7 Å². The Morgan fingerprint density at radius 2 is 1.19 bits per heavy atom. The predicted molar refractivity (Wildman–Crippen MR) is 111 cm³/mol. The van der Waals surface area contributed by atoms with Crippen molar-refractivity contribution in [2.75, 3.05) is 0 Å². The number of carbonyl (C=O) groups is 5. The molecular weight excluding hydrogens is 428 g/mol. The van der Waals surface area contributed by atoms with Crippen molar-refractivity contribution in [1.82, 2.24) is 16.0 Å². The summed E-state index contributed by atoms with van der Waals surface area (Å²) >= 11 is 0.